The molecule has 0 saturated heterocycles. The lowest BCUT2D eigenvalue weighted by atomic mass is 9.99. The average molecular weight is 297 g/mol. The standard InChI is InChI=1S/C15H7NO6/c17-13(8-1-4-10(5-2-8)16(20)21)9-3-6-11-12(7-9)15(19)22-14(11)18/h1-7H. The molecule has 0 unspecified atom stereocenters. The fourth-order valence-corrected chi connectivity index (χ4v) is 2.13. The number of nitrogens with zero attached hydrogens (tertiary/aromatic N) is 1. The first-order chi connectivity index (χ1) is 10.5. The van der Waals surface area contributed by atoms with Gasteiger partial charge in [-0.15, -0.1) is 0 Å². The van der Waals surface area contributed by atoms with Gasteiger partial charge < -0.3 is 4.74 Å². The Kier molecular flexibility index (Phi) is 3.03. The van der Waals surface area contributed by atoms with Crippen molar-refractivity contribution >= 4 is 23.4 Å². The maximum absolute atomic E-state index is 12.3. The Bertz CT molecular complexity index is 838. The van der Waals surface area contributed by atoms with E-state index in [1.54, 1.807) is 0 Å². The Morgan fingerprint density at radius 1 is 0.909 bits per heavy atom. The highest BCUT2D eigenvalue weighted by molar-refractivity contribution is 6.17. The number of esters is 2. The van der Waals surface area contributed by atoms with Crippen LogP contribution in [0.5, 0.6) is 0 Å². The van der Waals surface area contributed by atoms with Gasteiger partial charge in [0, 0.05) is 23.3 Å². The highest BCUT2D eigenvalue weighted by Gasteiger charge is 2.30. The Hall–Kier alpha value is -3.35. The van der Waals surface area contributed by atoms with Gasteiger partial charge in [-0.2, -0.15) is 0 Å². The molecule has 0 N–H and O–H groups in total. The summed E-state index contributed by atoms with van der Waals surface area (Å²) in [4.78, 5) is 45.1. The lowest BCUT2D eigenvalue weighted by Gasteiger charge is -2.02. The molecule has 1 heterocycles. The maximum atomic E-state index is 12.3. The summed E-state index contributed by atoms with van der Waals surface area (Å²) in [6, 6.07) is 9.14. The molecule has 1 aliphatic rings. The first-order valence-electron chi connectivity index (χ1n) is 6.17. The van der Waals surface area contributed by atoms with Gasteiger partial charge in [-0.1, -0.05) is 6.07 Å². The van der Waals surface area contributed by atoms with Crippen molar-refractivity contribution in [3.63, 3.8) is 0 Å². The molecular weight excluding hydrogens is 290 g/mol. The van der Waals surface area contributed by atoms with Crippen LogP contribution in [0.4, 0.5) is 5.69 Å². The van der Waals surface area contributed by atoms with Gasteiger partial charge in [0.1, 0.15) is 0 Å². The predicted molar refractivity (Wildman–Crippen MR) is 72.7 cm³/mol. The summed E-state index contributed by atoms with van der Waals surface area (Å²) >= 11 is 0. The highest BCUT2D eigenvalue weighted by Crippen LogP contribution is 2.23. The van der Waals surface area contributed by atoms with E-state index in [-0.39, 0.29) is 27.9 Å². The summed E-state index contributed by atoms with van der Waals surface area (Å²) < 4.78 is 4.45. The van der Waals surface area contributed by atoms with Crippen LogP contribution in [0.1, 0.15) is 36.6 Å². The SMILES string of the molecule is O=C(c1ccc([N+](=O)[O-])cc1)c1ccc2c(c1)C(=O)OC2=O. The van der Waals surface area contributed by atoms with Crippen LogP contribution < -0.4 is 0 Å². The van der Waals surface area contributed by atoms with Crippen molar-refractivity contribution in [2.45, 2.75) is 0 Å². The number of benzene rings is 2. The number of cyclic esters (lactones) is 2. The van der Waals surface area contributed by atoms with E-state index in [0.717, 1.165) is 0 Å². The van der Waals surface area contributed by atoms with Crippen molar-refractivity contribution in [1.29, 1.82) is 0 Å². The van der Waals surface area contributed by atoms with Crippen LogP contribution in [0.25, 0.3) is 0 Å². The largest absolute Gasteiger partial charge is 0.386 e. The van der Waals surface area contributed by atoms with E-state index < -0.39 is 22.6 Å². The van der Waals surface area contributed by atoms with Crippen LogP contribution in [0.15, 0.2) is 42.5 Å². The zero-order chi connectivity index (χ0) is 15.9. The molecule has 0 amide bonds. The molecule has 7 heteroatoms. The Morgan fingerprint density at radius 3 is 2.14 bits per heavy atom. The average Bonchev–Trinajstić information content (AvgIpc) is 2.81. The minimum atomic E-state index is -0.793. The van der Waals surface area contributed by atoms with Crippen molar-refractivity contribution in [3.8, 4) is 0 Å². The summed E-state index contributed by atoms with van der Waals surface area (Å²) in [6.45, 7) is 0. The second kappa shape index (κ2) is 4.88. The number of ketones is 1. The number of nitro benzene ring substituents is 1. The van der Waals surface area contributed by atoms with E-state index in [4.69, 9.17) is 0 Å². The summed E-state index contributed by atoms with van der Waals surface area (Å²) in [5, 5.41) is 10.6. The van der Waals surface area contributed by atoms with E-state index in [2.05, 4.69) is 4.74 Å². The van der Waals surface area contributed by atoms with Gasteiger partial charge in [0.2, 0.25) is 0 Å². The first-order valence-corrected chi connectivity index (χ1v) is 6.17. The van der Waals surface area contributed by atoms with Crippen molar-refractivity contribution in [1.82, 2.24) is 0 Å². The molecule has 1 aliphatic heterocycles. The summed E-state index contributed by atoms with van der Waals surface area (Å²) in [5.74, 6) is -1.95. The molecule has 0 bridgehead atoms. The maximum Gasteiger partial charge on any atom is 0.346 e. The van der Waals surface area contributed by atoms with Gasteiger partial charge in [0.05, 0.1) is 16.1 Å². The van der Waals surface area contributed by atoms with Crippen molar-refractivity contribution in [2.24, 2.45) is 0 Å². The number of hydrogen-bond donors (Lipinski definition) is 0. The Morgan fingerprint density at radius 2 is 1.50 bits per heavy atom. The molecule has 0 atom stereocenters. The Balaban J connectivity index is 1.96. The van der Waals surface area contributed by atoms with E-state index in [1.807, 2.05) is 0 Å². The van der Waals surface area contributed by atoms with E-state index >= 15 is 0 Å². The lowest BCUT2D eigenvalue weighted by molar-refractivity contribution is -0.384. The van der Waals surface area contributed by atoms with Crippen LogP contribution in [0.2, 0.25) is 0 Å². The third-order valence-corrected chi connectivity index (χ3v) is 3.25. The summed E-state index contributed by atoms with van der Waals surface area (Å²) in [5.41, 5.74) is 0.463. The van der Waals surface area contributed by atoms with E-state index in [9.17, 15) is 24.5 Å². The van der Waals surface area contributed by atoms with Crippen LogP contribution in [-0.2, 0) is 4.74 Å². The van der Waals surface area contributed by atoms with E-state index in [1.165, 1.54) is 42.5 Å². The van der Waals surface area contributed by atoms with Gasteiger partial charge in [0.15, 0.2) is 5.78 Å². The number of non-ortho nitro benzene ring substituents is 1. The minimum absolute atomic E-state index is 0.0396. The molecule has 2 aromatic rings. The monoisotopic (exact) mass is 297 g/mol. The molecule has 0 aliphatic carbocycles. The molecule has 0 aromatic heterocycles. The number of carbonyl (C=O) groups is 3. The second-order valence-electron chi connectivity index (χ2n) is 4.57. The first kappa shape index (κ1) is 13.6. The molecule has 7 nitrogen and oxygen atoms in total. The molecular formula is C15H7NO6. The molecule has 0 spiro atoms. The molecule has 2 aromatic carbocycles. The van der Waals surface area contributed by atoms with Gasteiger partial charge in [-0.3, -0.25) is 14.9 Å². The van der Waals surface area contributed by atoms with Gasteiger partial charge in [0.25, 0.3) is 5.69 Å². The third-order valence-electron chi connectivity index (χ3n) is 3.25. The Labute approximate surface area is 123 Å². The summed E-state index contributed by atoms with van der Waals surface area (Å²) in [7, 11) is 0. The van der Waals surface area contributed by atoms with Crippen LogP contribution in [-0.4, -0.2) is 22.6 Å². The topological polar surface area (TPSA) is 104 Å². The number of hydrogen-bond acceptors (Lipinski definition) is 6. The molecule has 0 radical (unpaired) electrons. The molecule has 0 saturated carbocycles. The van der Waals surface area contributed by atoms with Gasteiger partial charge in [-0.05, 0) is 24.3 Å². The third kappa shape index (κ3) is 2.14. The van der Waals surface area contributed by atoms with Crippen molar-refractivity contribution in [2.75, 3.05) is 0 Å². The number of ether oxygens (including phenoxy) is 1. The molecule has 3 rings (SSSR count). The zero-order valence-corrected chi connectivity index (χ0v) is 10.9. The van der Waals surface area contributed by atoms with Crippen LogP contribution >= 0.6 is 0 Å². The second-order valence-corrected chi connectivity index (χ2v) is 4.57. The molecule has 0 fully saturated rings. The molecule has 22 heavy (non-hydrogen) atoms. The smallest absolute Gasteiger partial charge is 0.346 e. The number of nitro groups is 1. The zero-order valence-electron chi connectivity index (χ0n) is 10.9. The van der Waals surface area contributed by atoms with E-state index in [0.29, 0.717) is 0 Å². The number of carbonyl (C=O) groups excluding carboxylic acids is 3. The predicted octanol–water partition coefficient (Wildman–Crippen LogP) is 2.14. The molecule has 108 valence electrons. The van der Waals surface area contributed by atoms with Crippen LogP contribution in [0, 0.1) is 10.1 Å². The fraction of sp³-hybridized carbons (Fsp3) is 0. The van der Waals surface area contributed by atoms with Crippen LogP contribution in [0.3, 0.4) is 0 Å². The number of fused-ring (bicyclic) bond motifs is 1. The number of rotatable bonds is 3. The van der Waals surface area contributed by atoms with Crippen molar-refractivity contribution in [3.05, 3.63) is 74.8 Å². The fourth-order valence-electron chi connectivity index (χ4n) is 2.13. The van der Waals surface area contributed by atoms with Gasteiger partial charge >= 0.3 is 11.9 Å². The lowest BCUT2D eigenvalue weighted by Crippen LogP contribution is -2.04. The quantitative estimate of drug-likeness (QED) is 0.282. The summed E-state index contributed by atoms with van der Waals surface area (Å²) in [6.07, 6.45) is 0. The minimum Gasteiger partial charge on any atom is -0.386 e. The van der Waals surface area contributed by atoms with Gasteiger partial charge in [-0.25, -0.2) is 9.59 Å². The normalized spacial score (nSPS) is 12.7. The van der Waals surface area contributed by atoms with Crippen molar-refractivity contribution < 1.29 is 24.0 Å². The highest BCUT2D eigenvalue weighted by atomic mass is 16.6.